The Balaban J connectivity index is 1.79. The van der Waals surface area contributed by atoms with Crippen LogP contribution in [-0.4, -0.2) is 28.1 Å². The van der Waals surface area contributed by atoms with Gasteiger partial charge in [-0.15, -0.1) is 0 Å². The molecular weight excluding hydrogens is 280 g/mol. The van der Waals surface area contributed by atoms with Crippen molar-refractivity contribution in [3.05, 3.63) is 41.9 Å². The Hall–Kier alpha value is -2.14. The second kappa shape index (κ2) is 6.32. The van der Waals surface area contributed by atoms with Crippen molar-refractivity contribution in [2.75, 3.05) is 0 Å². The van der Waals surface area contributed by atoms with Crippen LogP contribution in [-0.2, 0) is 0 Å². The number of aryl methyl sites for hydroxylation is 1. The molecular formula is C17H20N2O3. The van der Waals surface area contributed by atoms with Crippen LogP contribution in [0.1, 0.15) is 41.7 Å². The maximum atomic E-state index is 12.4. The molecule has 1 fully saturated rings. The highest BCUT2D eigenvalue weighted by Crippen LogP contribution is 2.24. The fraction of sp³-hybridized carbons (Fsp3) is 0.412. The number of carbonyl (C=O) groups is 1. The van der Waals surface area contributed by atoms with Crippen LogP contribution in [0.5, 0.6) is 0 Å². The molecule has 5 heteroatoms. The predicted molar refractivity (Wildman–Crippen MR) is 82.4 cm³/mol. The quantitative estimate of drug-likeness (QED) is 0.914. The number of hydrogen-bond donors (Lipinski definition) is 2. The smallest absolute Gasteiger partial charge is 0.274 e. The van der Waals surface area contributed by atoms with E-state index in [2.05, 4.69) is 10.3 Å². The first-order valence-corrected chi connectivity index (χ1v) is 7.64. The van der Waals surface area contributed by atoms with Crippen LogP contribution in [0, 0.1) is 6.92 Å². The lowest BCUT2D eigenvalue weighted by Gasteiger charge is -2.28. The summed E-state index contributed by atoms with van der Waals surface area (Å²) in [6.45, 7) is 2.00. The Kier molecular flexibility index (Phi) is 4.24. The van der Waals surface area contributed by atoms with E-state index in [9.17, 15) is 9.90 Å². The van der Waals surface area contributed by atoms with Crippen LogP contribution in [0.4, 0.5) is 0 Å². The van der Waals surface area contributed by atoms with E-state index in [0.29, 0.717) is 5.76 Å². The molecule has 3 rings (SSSR count). The van der Waals surface area contributed by atoms with Gasteiger partial charge in [0.25, 0.3) is 5.91 Å². The van der Waals surface area contributed by atoms with E-state index in [-0.39, 0.29) is 17.6 Å². The standard InChI is InChI=1S/C17H20N2O3/c1-11-6-8-12(9-7-11)16-15(18-10-22-16)17(21)19-13-4-2-3-5-14(13)20/h6-10,13-14,20H,2-5H2,1H3,(H,19,21). The number of aliphatic hydroxyl groups is 1. The first kappa shape index (κ1) is 14.8. The summed E-state index contributed by atoms with van der Waals surface area (Å²) >= 11 is 0. The molecule has 1 aromatic carbocycles. The fourth-order valence-corrected chi connectivity index (χ4v) is 2.83. The van der Waals surface area contributed by atoms with Gasteiger partial charge in [-0.05, 0) is 19.8 Å². The molecule has 5 nitrogen and oxygen atoms in total. The molecule has 2 N–H and O–H groups in total. The lowest BCUT2D eigenvalue weighted by atomic mass is 9.92. The van der Waals surface area contributed by atoms with Crippen molar-refractivity contribution in [1.82, 2.24) is 10.3 Å². The minimum absolute atomic E-state index is 0.205. The van der Waals surface area contributed by atoms with Crippen LogP contribution in [0.15, 0.2) is 35.1 Å². The van der Waals surface area contributed by atoms with Gasteiger partial charge in [0.2, 0.25) is 0 Å². The predicted octanol–water partition coefficient (Wildman–Crippen LogP) is 2.68. The van der Waals surface area contributed by atoms with Crippen molar-refractivity contribution in [1.29, 1.82) is 0 Å². The van der Waals surface area contributed by atoms with Gasteiger partial charge in [-0.25, -0.2) is 4.98 Å². The number of aliphatic hydroxyl groups excluding tert-OH is 1. The molecule has 2 unspecified atom stereocenters. The Morgan fingerprint density at radius 3 is 2.73 bits per heavy atom. The summed E-state index contributed by atoms with van der Waals surface area (Å²) in [4.78, 5) is 16.5. The van der Waals surface area contributed by atoms with Gasteiger partial charge in [0, 0.05) is 5.56 Å². The third kappa shape index (κ3) is 3.04. The molecule has 1 aliphatic rings. The first-order chi connectivity index (χ1) is 10.6. The monoisotopic (exact) mass is 300 g/mol. The van der Waals surface area contributed by atoms with Gasteiger partial charge in [-0.2, -0.15) is 0 Å². The topological polar surface area (TPSA) is 75.4 Å². The SMILES string of the molecule is Cc1ccc(-c2ocnc2C(=O)NC2CCCCC2O)cc1. The second-order valence-electron chi connectivity index (χ2n) is 5.83. The summed E-state index contributed by atoms with van der Waals surface area (Å²) < 4.78 is 5.39. The number of oxazole rings is 1. The molecule has 22 heavy (non-hydrogen) atoms. The highest BCUT2D eigenvalue weighted by molar-refractivity contribution is 5.97. The highest BCUT2D eigenvalue weighted by atomic mass is 16.3. The highest BCUT2D eigenvalue weighted by Gasteiger charge is 2.27. The van der Waals surface area contributed by atoms with Crippen molar-refractivity contribution in [3.8, 4) is 11.3 Å². The van der Waals surface area contributed by atoms with Gasteiger partial charge in [0.1, 0.15) is 0 Å². The summed E-state index contributed by atoms with van der Waals surface area (Å²) in [5.74, 6) is 0.165. The Morgan fingerprint density at radius 1 is 1.27 bits per heavy atom. The average Bonchev–Trinajstić information content (AvgIpc) is 3.00. The number of amides is 1. The number of carbonyl (C=O) groups excluding carboxylic acids is 1. The molecule has 1 heterocycles. The zero-order chi connectivity index (χ0) is 15.5. The van der Waals surface area contributed by atoms with Crippen LogP contribution < -0.4 is 5.32 Å². The van der Waals surface area contributed by atoms with E-state index in [1.807, 2.05) is 31.2 Å². The van der Waals surface area contributed by atoms with Crippen LogP contribution in [0.2, 0.25) is 0 Å². The number of aromatic nitrogens is 1. The summed E-state index contributed by atoms with van der Waals surface area (Å²) in [6, 6.07) is 7.53. The van der Waals surface area contributed by atoms with Crippen molar-refractivity contribution >= 4 is 5.91 Å². The Bertz CT molecular complexity index is 648. The molecule has 0 bridgehead atoms. The van der Waals surface area contributed by atoms with Crippen LogP contribution >= 0.6 is 0 Å². The van der Waals surface area contributed by atoms with Gasteiger partial charge in [-0.1, -0.05) is 42.7 Å². The van der Waals surface area contributed by atoms with Gasteiger partial charge < -0.3 is 14.8 Å². The largest absolute Gasteiger partial charge is 0.443 e. The zero-order valence-electron chi connectivity index (χ0n) is 12.6. The molecule has 0 aliphatic heterocycles. The van der Waals surface area contributed by atoms with Crippen molar-refractivity contribution < 1.29 is 14.3 Å². The van der Waals surface area contributed by atoms with Crippen molar-refractivity contribution in [3.63, 3.8) is 0 Å². The second-order valence-corrected chi connectivity index (χ2v) is 5.83. The maximum absolute atomic E-state index is 12.4. The van der Waals surface area contributed by atoms with E-state index in [1.54, 1.807) is 0 Å². The summed E-state index contributed by atoms with van der Waals surface area (Å²) in [5, 5.41) is 12.9. The van der Waals surface area contributed by atoms with Gasteiger partial charge in [-0.3, -0.25) is 4.79 Å². The third-order valence-electron chi connectivity index (χ3n) is 4.14. The number of hydrogen-bond acceptors (Lipinski definition) is 4. The first-order valence-electron chi connectivity index (χ1n) is 7.64. The summed E-state index contributed by atoms with van der Waals surface area (Å²) in [7, 11) is 0. The molecule has 0 radical (unpaired) electrons. The van der Waals surface area contributed by atoms with E-state index in [4.69, 9.17) is 4.42 Å². The molecule has 1 aliphatic carbocycles. The van der Waals surface area contributed by atoms with Gasteiger partial charge in [0.05, 0.1) is 12.1 Å². The number of rotatable bonds is 3. The van der Waals surface area contributed by atoms with Gasteiger partial charge >= 0.3 is 0 Å². The lowest BCUT2D eigenvalue weighted by molar-refractivity contribution is 0.0714. The van der Waals surface area contributed by atoms with Crippen LogP contribution in [0.25, 0.3) is 11.3 Å². The molecule has 1 aromatic heterocycles. The molecule has 0 spiro atoms. The fourth-order valence-electron chi connectivity index (χ4n) is 2.83. The van der Waals surface area contributed by atoms with Gasteiger partial charge in [0.15, 0.2) is 17.8 Å². The average molecular weight is 300 g/mol. The molecule has 0 saturated heterocycles. The Labute approximate surface area is 129 Å². The van der Waals surface area contributed by atoms with E-state index in [0.717, 1.165) is 36.8 Å². The summed E-state index contributed by atoms with van der Waals surface area (Å²) in [5.41, 5.74) is 2.22. The molecule has 116 valence electrons. The molecule has 1 saturated carbocycles. The third-order valence-corrected chi connectivity index (χ3v) is 4.14. The molecule has 1 amide bonds. The lowest BCUT2D eigenvalue weighted by Crippen LogP contribution is -2.45. The zero-order valence-corrected chi connectivity index (χ0v) is 12.6. The molecule has 2 atom stereocenters. The van der Waals surface area contributed by atoms with E-state index in [1.165, 1.54) is 6.39 Å². The van der Waals surface area contributed by atoms with Crippen molar-refractivity contribution in [2.24, 2.45) is 0 Å². The number of benzene rings is 1. The normalized spacial score (nSPS) is 21.5. The number of nitrogens with zero attached hydrogens (tertiary/aromatic N) is 1. The number of nitrogens with one attached hydrogen (secondary N) is 1. The van der Waals surface area contributed by atoms with Crippen LogP contribution in [0.3, 0.4) is 0 Å². The van der Waals surface area contributed by atoms with Crippen molar-refractivity contribution in [2.45, 2.75) is 44.8 Å². The molecule has 2 aromatic rings. The minimum Gasteiger partial charge on any atom is -0.443 e. The minimum atomic E-state index is -0.479. The Morgan fingerprint density at radius 2 is 2.00 bits per heavy atom. The van der Waals surface area contributed by atoms with E-state index >= 15 is 0 Å². The summed E-state index contributed by atoms with van der Waals surface area (Å²) in [6.07, 6.45) is 4.35. The van der Waals surface area contributed by atoms with E-state index < -0.39 is 6.10 Å². The maximum Gasteiger partial charge on any atom is 0.274 e.